The van der Waals surface area contributed by atoms with Crippen molar-refractivity contribution >= 4 is 35.0 Å². The Morgan fingerprint density at radius 1 is 1.16 bits per heavy atom. The quantitative estimate of drug-likeness (QED) is 0.530. The number of carbonyl (C=O) groups is 3. The van der Waals surface area contributed by atoms with E-state index in [-0.39, 0.29) is 28.2 Å². The molecule has 11 heteroatoms. The lowest BCUT2D eigenvalue weighted by molar-refractivity contribution is -0.138. The summed E-state index contributed by atoms with van der Waals surface area (Å²) in [7, 11) is 0. The predicted octanol–water partition coefficient (Wildman–Crippen LogP) is 3.86. The minimum absolute atomic E-state index is 0.00208. The summed E-state index contributed by atoms with van der Waals surface area (Å²) in [5, 5.41) is 10.3. The zero-order chi connectivity index (χ0) is 23.5. The second kappa shape index (κ2) is 9.45. The summed E-state index contributed by atoms with van der Waals surface area (Å²) in [4.78, 5) is 33.9. The zero-order valence-electron chi connectivity index (χ0n) is 16.3. The van der Waals surface area contributed by atoms with Crippen LogP contribution in [0.25, 0.3) is 6.08 Å². The highest BCUT2D eigenvalue weighted by Gasteiger charge is 2.30. The molecule has 1 heterocycles. The molecule has 2 amide bonds. The fourth-order valence-electron chi connectivity index (χ4n) is 2.89. The molecule has 1 unspecified atom stereocenters. The van der Waals surface area contributed by atoms with Gasteiger partial charge in [-0.05, 0) is 65.2 Å². The molecule has 1 atom stereocenters. The third-order valence-electron chi connectivity index (χ3n) is 4.37. The number of hydrogen-bond acceptors (Lipinski definition) is 6. The summed E-state index contributed by atoms with van der Waals surface area (Å²) in [5.74, 6) is -1.32. The van der Waals surface area contributed by atoms with E-state index in [1.54, 1.807) is 24.3 Å². The van der Waals surface area contributed by atoms with Gasteiger partial charge in [0.15, 0.2) is 0 Å². The second-order valence-electron chi connectivity index (χ2n) is 6.90. The Bertz CT molecular complexity index is 1080. The van der Waals surface area contributed by atoms with E-state index >= 15 is 0 Å². The lowest BCUT2D eigenvalue weighted by atomic mass is 10.0. The maximum Gasteiger partial charge on any atom is 0.393 e. The summed E-state index contributed by atoms with van der Waals surface area (Å²) < 4.78 is 44.9. The Labute approximate surface area is 184 Å². The highest BCUT2D eigenvalue weighted by molar-refractivity contribution is 8.18. The number of alkyl halides is 3. The van der Waals surface area contributed by atoms with Gasteiger partial charge >= 0.3 is 12.1 Å². The van der Waals surface area contributed by atoms with Crippen molar-refractivity contribution < 1.29 is 37.4 Å². The molecule has 168 valence electrons. The molecule has 0 radical (unpaired) electrons. The molecule has 1 aliphatic heterocycles. The SMILES string of the molecule is NC(Cc1ccc(Oc2ccc(C=C3SC(=O)NC3=O)c(CC(F)(F)F)c2)cc1)C(=O)O. The van der Waals surface area contributed by atoms with Crippen molar-refractivity contribution in [2.75, 3.05) is 0 Å². The summed E-state index contributed by atoms with van der Waals surface area (Å²) in [6.07, 6.45) is -4.41. The van der Waals surface area contributed by atoms with Crippen LogP contribution in [0.1, 0.15) is 16.7 Å². The van der Waals surface area contributed by atoms with Crippen molar-refractivity contribution in [3.63, 3.8) is 0 Å². The van der Waals surface area contributed by atoms with Crippen LogP contribution in [-0.2, 0) is 22.4 Å². The van der Waals surface area contributed by atoms with E-state index in [2.05, 4.69) is 5.32 Å². The van der Waals surface area contributed by atoms with E-state index < -0.39 is 35.8 Å². The van der Waals surface area contributed by atoms with Gasteiger partial charge in [-0.3, -0.25) is 19.7 Å². The molecule has 4 N–H and O–H groups in total. The molecule has 2 aromatic carbocycles. The number of amides is 2. The van der Waals surface area contributed by atoms with Gasteiger partial charge in [0.25, 0.3) is 11.1 Å². The lowest BCUT2D eigenvalue weighted by Crippen LogP contribution is -2.32. The van der Waals surface area contributed by atoms with E-state index in [0.29, 0.717) is 23.1 Å². The van der Waals surface area contributed by atoms with E-state index in [9.17, 15) is 27.6 Å². The molecule has 7 nitrogen and oxygen atoms in total. The predicted molar refractivity (Wildman–Crippen MR) is 111 cm³/mol. The number of aliphatic carboxylic acids is 1. The molecular weight excluding hydrogens is 449 g/mol. The lowest BCUT2D eigenvalue weighted by Gasteiger charge is -2.13. The number of nitrogens with one attached hydrogen (secondary N) is 1. The largest absolute Gasteiger partial charge is 0.480 e. The van der Waals surface area contributed by atoms with Crippen LogP contribution in [0.3, 0.4) is 0 Å². The number of ether oxygens (including phenoxy) is 1. The average Bonchev–Trinajstić information content (AvgIpc) is 3.01. The van der Waals surface area contributed by atoms with Gasteiger partial charge in [-0.15, -0.1) is 0 Å². The van der Waals surface area contributed by atoms with Crippen LogP contribution in [0, 0.1) is 0 Å². The van der Waals surface area contributed by atoms with Gasteiger partial charge in [-0.25, -0.2) is 0 Å². The number of benzene rings is 2. The maximum atomic E-state index is 13.1. The van der Waals surface area contributed by atoms with Gasteiger partial charge < -0.3 is 15.6 Å². The summed E-state index contributed by atoms with van der Waals surface area (Å²) >= 11 is 0.613. The number of hydrogen-bond donors (Lipinski definition) is 3. The molecule has 0 bridgehead atoms. The molecule has 32 heavy (non-hydrogen) atoms. The van der Waals surface area contributed by atoms with Crippen LogP contribution in [0.2, 0.25) is 0 Å². The van der Waals surface area contributed by atoms with Gasteiger partial charge in [0.05, 0.1) is 11.3 Å². The van der Waals surface area contributed by atoms with Crippen molar-refractivity contribution in [1.82, 2.24) is 5.32 Å². The van der Waals surface area contributed by atoms with Gasteiger partial charge in [-0.1, -0.05) is 18.2 Å². The normalized spacial score (nSPS) is 16.2. The van der Waals surface area contributed by atoms with E-state index in [4.69, 9.17) is 15.6 Å². The van der Waals surface area contributed by atoms with Crippen LogP contribution in [0.5, 0.6) is 11.5 Å². The Morgan fingerprint density at radius 3 is 2.38 bits per heavy atom. The first-order valence-electron chi connectivity index (χ1n) is 9.20. The van der Waals surface area contributed by atoms with E-state index in [1.807, 2.05) is 0 Å². The number of carbonyl (C=O) groups excluding carboxylic acids is 2. The van der Waals surface area contributed by atoms with E-state index in [0.717, 1.165) is 0 Å². The number of imide groups is 1. The molecule has 1 saturated heterocycles. The number of carboxylic acids is 1. The Balaban J connectivity index is 1.82. The summed E-state index contributed by atoms with van der Waals surface area (Å²) in [6, 6.07) is 9.31. The first-order chi connectivity index (χ1) is 15.0. The van der Waals surface area contributed by atoms with Crippen molar-refractivity contribution in [2.45, 2.75) is 25.1 Å². The number of nitrogens with two attached hydrogens (primary N) is 1. The number of rotatable bonds is 7. The number of halogens is 3. The number of thioether (sulfide) groups is 1. The van der Waals surface area contributed by atoms with Crippen LogP contribution in [0.4, 0.5) is 18.0 Å². The van der Waals surface area contributed by atoms with Crippen LogP contribution in [0.15, 0.2) is 47.4 Å². The molecule has 1 aliphatic rings. The molecule has 1 fully saturated rings. The Morgan fingerprint density at radius 2 is 1.81 bits per heavy atom. The molecule has 0 spiro atoms. The smallest absolute Gasteiger partial charge is 0.393 e. The standard InChI is InChI=1S/C21H17F3N2O5S/c22-21(23,24)10-13-8-15(6-3-12(13)9-17-18(27)26-20(30)32-17)31-14-4-1-11(2-5-14)7-16(25)19(28)29/h1-6,8-9,16H,7,10,25H2,(H,28,29)(H,26,27,30). The average molecular weight is 466 g/mol. The van der Waals surface area contributed by atoms with Crippen LogP contribution < -0.4 is 15.8 Å². The molecule has 2 aromatic rings. The maximum absolute atomic E-state index is 13.1. The van der Waals surface area contributed by atoms with Crippen molar-refractivity contribution in [2.24, 2.45) is 5.73 Å². The molecule has 0 aliphatic carbocycles. The highest BCUT2D eigenvalue weighted by Crippen LogP contribution is 2.32. The topological polar surface area (TPSA) is 119 Å². The minimum Gasteiger partial charge on any atom is -0.480 e. The van der Waals surface area contributed by atoms with Crippen molar-refractivity contribution in [1.29, 1.82) is 0 Å². The van der Waals surface area contributed by atoms with Gasteiger partial charge in [0.1, 0.15) is 17.5 Å². The second-order valence-corrected chi connectivity index (χ2v) is 7.91. The summed E-state index contributed by atoms with van der Waals surface area (Å²) in [6.45, 7) is 0. The highest BCUT2D eigenvalue weighted by atomic mass is 32.2. The Hall–Kier alpha value is -3.31. The third-order valence-corrected chi connectivity index (χ3v) is 5.18. The molecule has 3 rings (SSSR count). The van der Waals surface area contributed by atoms with E-state index in [1.165, 1.54) is 24.3 Å². The Kier molecular flexibility index (Phi) is 6.90. The number of carboxylic acid groups (broad SMARTS) is 1. The van der Waals surface area contributed by atoms with Crippen molar-refractivity contribution in [3.05, 3.63) is 64.1 Å². The summed E-state index contributed by atoms with van der Waals surface area (Å²) in [5.41, 5.74) is 6.17. The van der Waals surface area contributed by atoms with Crippen LogP contribution >= 0.6 is 11.8 Å². The third kappa shape index (κ3) is 6.34. The molecular formula is C21H17F3N2O5S. The van der Waals surface area contributed by atoms with Crippen molar-refractivity contribution in [3.8, 4) is 11.5 Å². The van der Waals surface area contributed by atoms with Gasteiger partial charge in [0, 0.05) is 0 Å². The van der Waals surface area contributed by atoms with Gasteiger partial charge in [-0.2, -0.15) is 13.2 Å². The first-order valence-corrected chi connectivity index (χ1v) is 10.0. The van der Waals surface area contributed by atoms with Gasteiger partial charge in [0.2, 0.25) is 0 Å². The minimum atomic E-state index is -4.50. The monoisotopic (exact) mass is 466 g/mol. The fourth-order valence-corrected chi connectivity index (χ4v) is 3.56. The zero-order valence-corrected chi connectivity index (χ0v) is 17.1. The first kappa shape index (κ1) is 23.4. The molecule has 0 saturated carbocycles. The molecule has 0 aromatic heterocycles. The van der Waals surface area contributed by atoms with Crippen LogP contribution in [-0.4, -0.2) is 34.4 Å². The fraction of sp³-hybridized carbons (Fsp3) is 0.190.